The molecule has 6 heteroatoms. The van der Waals surface area contributed by atoms with Crippen LogP contribution in [0.1, 0.15) is 28.5 Å². The number of halogens is 2. The molecule has 0 bridgehead atoms. The van der Waals surface area contributed by atoms with Gasteiger partial charge >= 0.3 is 0 Å². The predicted molar refractivity (Wildman–Crippen MR) is 87.2 cm³/mol. The van der Waals surface area contributed by atoms with E-state index in [4.69, 9.17) is 0 Å². The molecule has 2 N–H and O–H groups in total. The van der Waals surface area contributed by atoms with Gasteiger partial charge in [-0.05, 0) is 61.5 Å². The lowest BCUT2D eigenvalue weighted by molar-refractivity contribution is -0.116. The van der Waals surface area contributed by atoms with Crippen molar-refractivity contribution in [2.45, 2.75) is 18.9 Å². The molecule has 20 heavy (non-hydrogen) atoms. The van der Waals surface area contributed by atoms with Crippen LogP contribution in [-0.4, -0.2) is 11.0 Å². The summed E-state index contributed by atoms with van der Waals surface area (Å²) in [4.78, 5) is 12.2. The van der Waals surface area contributed by atoms with Gasteiger partial charge < -0.3 is 10.4 Å². The normalized spacial score (nSPS) is 15.7. The van der Waals surface area contributed by atoms with E-state index in [1.807, 2.05) is 24.3 Å². The first-order valence-corrected chi connectivity index (χ1v) is 8.50. The van der Waals surface area contributed by atoms with Crippen LogP contribution in [0.5, 0.6) is 0 Å². The van der Waals surface area contributed by atoms with E-state index in [2.05, 4.69) is 37.2 Å². The molecule has 1 aliphatic rings. The van der Waals surface area contributed by atoms with Crippen LogP contribution in [0.3, 0.4) is 0 Å². The summed E-state index contributed by atoms with van der Waals surface area (Å²) in [6, 6.07) is 7.61. The lowest BCUT2D eigenvalue weighted by Gasteiger charge is -2.19. The molecule has 1 aliphatic heterocycles. The Bertz CT molecular complexity index is 664. The molecule has 1 unspecified atom stereocenters. The molecule has 0 saturated heterocycles. The summed E-state index contributed by atoms with van der Waals surface area (Å²) < 4.78 is 1.92. The number of aryl methyl sites for hydroxylation is 1. The van der Waals surface area contributed by atoms with Crippen molar-refractivity contribution in [1.82, 2.24) is 0 Å². The highest BCUT2D eigenvalue weighted by atomic mass is 79.9. The van der Waals surface area contributed by atoms with Crippen LogP contribution in [0.25, 0.3) is 0 Å². The first-order valence-electron chi connectivity index (χ1n) is 6.10. The average Bonchev–Trinajstić information content (AvgIpc) is 2.77. The minimum absolute atomic E-state index is 0.0527. The van der Waals surface area contributed by atoms with E-state index in [1.165, 1.54) is 11.3 Å². The maximum absolute atomic E-state index is 11.3. The predicted octanol–water partition coefficient (Wildman–Crippen LogP) is 4.24. The quantitative estimate of drug-likeness (QED) is 0.769. The summed E-state index contributed by atoms with van der Waals surface area (Å²) in [5.74, 6) is 0.0527. The Labute approximate surface area is 137 Å². The van der Waals surface area contributed by atoms with Gasteiger partial charge in [0.1, 0.15) is 6.10 Å². The van der Waals surface area contributed by atoms with Crippen LogP contribution >= 0.6 is 43.2 Å². The van der Waals surface area contributed by atoms with Crippen LogP contribution in [0.4, 0.5) is 5.69 Å². The summed E-state index contributed by atoms with van der Waals surface area (Å²) in [6.45, 7) is 0. The number of benzene rings is 1. The zero-order valence-corrected chi connectivity index (χ0v) is 14.3. The number of hydrogen-bond acceptors (Lipinski definition) is 3. The third-order valence-corrected chi connectivity index (χ3v) is 6.58. The highest BCUT2D eigenvalue weighted by Gasteiger charge is 2.19. The molecule has 2 aromatic rings. The van der Waals surface area contributed by atoms with Gasteiger partial charge in [-0.3, -0.25) is 4.79 Å². The van der Waals surface area contributed by atoms with Gasteiger partial charge in [-0.2, -0.15) is 0 Å². The fourth-order valence-corrected chi connectivity index (χ4v) is 4.34. The van der Waals surface area contributed by atoms with E-state index < -0.39 is 6.10 Å². The second-order valence-corrected chi connectivity index (χ2v) is 7.89. The van der Waals surface area contributed by atoms with Crippen LogP contribution in [0, 0.1) is 0 Å². The van der Waals surface area contributed by atoms with Crippen LogP contribution in [-0.2, 0) is 11.2 Å². The molecule has 1 atom stereocenters. The van der Waals surface area contributed by atoms with Crippen molar-refractivity contribution < 1.29 is 9.90 Å². The largest absolute Gasteiger partial charge is 0.383 e. The number of carbonyl (C=O) groups is 1. The van der Waals surface area contributed by atoms with E-state index in [1.54, 1.807) is 0 Å². The third-order valence-electron chi connectivity index (χ3n) is 3.27. The van der Waals surface area contributed by atoms with Gasteiger partial charge in [-0.15, -0.1) is 11.3 Å². The van der Waals surface area contributed by atoms with Crippen LogP contribution < -0.4 is 5.32 Å². The summed E-state index contributed by atoms with van der Waals surface area (Å²) in [5.41, 5.74) is 2.78. The lowest BCUT2D eigenvalue weighted by Crippen LogP contribution is -2.19. The second kappa shape index (κ2) is 5.60. The Hall–Kier alpha value is -0.690. The maximum Gasteiger partial charge on any atom is 0.224 e. The van der Waals surface area contributed by atoms with Crippen LogP contribution in [0.15, 0.2) is 32.5 Å². The lowest BCUT2D eigenvalue weighted by atomic mass is 9.98. The zero-order chi connectivity index (χ0) is 14.3. The molecule has 0 saturated carbocycles. The Balaban J connectivity index is 1.92. The smallest absolute Gasteiger partial charge is 0.224 e. The third kappa shape index (κ3) is 2.70. The van der Waals surface area contributed by atoms with Gasteiger partial charge in [0.2, 0.25) is 5.91 Å². The monoisotopic (exact) mass is 415 g/mol. The van der Waals surface area contributed by atoms with Crippen molar-refractivity contribution in [3.05, 3.63) is 48.5 Å². The summed E-state index contributed by atoms with van der Waals surface area (Å²) in [6.07, 6.45) is 0.577. The Morgan fingerprint density at radius 3 is 2.75 bits per heavy atom. The number of nitrogens with one attached hydrogen (secondary N) is 1. The number of anilines is 1. The van der Waals surface area contributed by atoms with Gasteiger partial charge in [-0.25, -0.2) is 0 Å². The number of hydrogen-bond donors (Lipinski definition) is 2. The summed E-state index contributed by atoms with van der Waals surface area (Å²) in [7, 11) is 0. The van der Waals surface area contributed by atoms with Crippen LogP contribution in [0.2, 0.25) is 0 Å². The maximum atomic E-state index is 11.3. The molecule has 0 radical (unpaired) electrons. The van der Waals surface area contributed by atoms with Gasteiger partial charge in [0.05, 0.1) is 3.79 Å². The molecule has 0 spiro atoms. The molecule has 0 fully saturated rings. The average molecular weight is 417 g/mol. The molecule has 1 aromatic carbocycles. The molecule has 1 amide bonds. The number of rotatable bonds is 2. The minimum Gasteiger partial charge on any atom is -0.383 e. The number of fused-ring (bicyclic) bond motifs is 1. The van der Waals surface area contributed by atoms with E-state index in [9.17, 15) is 9.90 Å². The van der Waals surface area contributed by atoms with E-state index >= 15 is 0 Å². The van der Waals surface area contributed by atoms with Gasteiger partial charge in [-0.1, -0.05) is 12.1 Å². The number of amides is 1. The molecular weight excluding hydrogens is 406 g/mol. The summed E-state index contributed by atoms with van der Waals surface area (Å²) in [5, 5.41) is 13.3. The van der Waals surface area contributed by atoms with Crippen molar-refractivity contribution in [2.75, 3.05) is 5.32 Å². The van der Waals surface area contributed by atoms with Gasteiger partial charge in [0.25, 0.3) is 0 Å². The molecular formula is C14H11Br2NO2S. The van der Waals surface area contributed by atoms with E-state index in [-0.39, 0.29) is 5.91 Å². The molecule has 2 heterocycles. The zero-order valence-electron chi connectivity index (χ0n) is 10.3. The number of aliphatic hydroxyl groups is 1. The summed E-state index contributed by atoms with van der Waals surface area (Å²) >= 11 is 8.37. The van der Waals surface area contributed by atoms with E-state index in [0.29, 0.717) is 6.42 Å². The van der Waals surface area contributed by atoms with Crippen molar-refractivity contribution in [1.29, 1.82) is 0 Å². The standard InChI is InChI=1S/C14H11Br2NO2S/c15-9-6-11(20-14(9)16)13(19)8-1-3-10-7(5-8)2-4-12(18)17-10/h1,3,5-6,13,19H,2,4H2,(H,17,18). The Morgan fingerprint density at radius 2 is 2.05 bits per heavy atom. The van der Waals surface area contributed by atoms with E-state index in [0.717, 1.165) is 36.4 Å². The second-order valence-electron chi connectivity index (χ2n) is 4.64. The highest BCUT2D eigenvalue weighted by Crippen LogP contribution is 2.38. The van der Waals surface area contributed by atoms with Gasteiger partial charge in [0, 0.05) is 21.5 Å². The molecule has 104 valence electrons. The van der Waals surface area contributed by atoms with Crippen molar-refractivity contribution in [3.8, 4) is 0 Å². The minimum atomic E-state index is -0.648. The number of thiophene rings is 1. The first-order chi connectivity index (χ1) is 9.54. The fourth-order valence-electron chi connectivity index (χ4n) is 2.24. The first kappa shape index (κ1) is 14.3. The SMILES string of the molecule is O=C1CCc2cc(C(O)c3cc(Br)c(Br)s3)ccc2N1. The van der Waals surface area contributed by atoms with Crippen molar-refractivity contribution >= 4 is 54.8 Å². The highest BCUT2D eigenvalue weighted by molar-refractivity contribution is 9.13. The van der Waals surface area contributed by atoms with Crippen molar-refractivity contribution in [2.24, 2.45) is 0 Å². The topological polar surface area (TPSA) is 49.3 Å². The van der Waals surface area contributed by atoms with Crippen molar-refractivity contribution in [3.63, 3.8) is 0 Å². The Morgan fingerprint density at radius 1 is 1.25 bits per heavy atom. The number of aliphatic hydroxyl groups excluding tert-OH is 1. The fraction of sp³-hybridized carbons (Fsp3) is 0.214. The molecule has 1 aromatic heterocycles. The Kier molecular flexibility index (Phi) is 3.99. The van der Waals surface area contributed by atoms with Gasteiger partial charge in [0.15, 0.2) is 0 Å². The molecule has 3 nitrogen and oxygen atoms in total. The molecule has 3 rings (SSSR count). The number of carbonyl (C=O) groups excluding carboxylic acids is 1. The molecule has 0 aliphatic carbocycles.